The summed E-state index contributed by atoms with van der Waals surface area (Å²) in [7, 11) is -4.40. The smallest absolute Gasteiger partial charge is 0.485 e. The van der Waals surface area contributed by atoms with Gasteiger partial charge in [0.2, 0.25) is 0 Å². The zero-order valence-corrected chi connectivity index (χ0v) is 16.6. The van der Waals surface area contributed by atoms with Gasteiger partial charge in [0.25, 0.3) is 0 Å². The summed E-state index contributed by atoms with van der Waals surface area (Å²) >= 11 is 3.37. The molecule has 24 heavy (non-hydrogen) atoms. The van der Waals surface area contributed by atoms with Gasteiger partial charge in [-0.05, 0) is 48.5 Å². The van der Waals surface area contributed by atoms with Crippen LogP contribution in [0.25, 0.3) is 0 Å². The van der Waals surface area contributed by atoms with Crippen molar-refractivity contribution in [3.05, 3.63) is 60.1 Å². The first-order valence-electron chi connectivity index (χ1n) is 6.09. The van der Waals surface area contributed by atoms with Crippen molar-refractivity contribution < 1.29 is 52.1 Å². The summed E-state index contributed by atoms with van der Waals surface area (Å²) in [4.78, 5) is 0. The summed E-state index contributed by atoms with van der Waals surface area (Å²) in [5.41, 5.74) is -5.65. The standard InChI is InChI=1S/C13H11BrIO.CHF3O3S/c1-16-13-8-6-12(7-9-13)15-11-4-2-10(14)3-5-11;2-1(3,4)8(5,6)7/h2-9H,1H3;(H,5,6,7)/q+1;/p-1. The predicted octanol–water partition coefficient (Wildman–Crippen LogP) is 0.638. The monoisotopic (exact) mass is 538 g/mol. The highest BCUT2D eigenvalue weighted by Crippen LogP contribution is 2.20. The second-order valence-corrected chi connectivity index (χ2v) is 9.41. The Morgan fingerprint density at radius 1 is 1.00 bits per heavy atom. The van der Waals surface area contributed by atoms with Gasteiger partial charge in [-0.2, -0.15) is 13.2 Å². The predicted molar refractivity (Wildman–Crippen MR) is 80.3 cm³/mol. The molecule has 2 rings (SSSR count). The molecule has 132 valence electrons. The molecule has 0 saturated heterocycles. The molecule has 0 radical (unpaired) electrons. The van der Waals surface area contributed by atoms with E-state index in [0.717, 1.165) is 10.2 Å². The van der Waals surface area contributed by atoms with Crippen LogP contribution >= 0.6 is 15.9 Å². The average Bonchev–Trinajstić information content (AvgIpc) is 2.49. The highest BCUT2D eigenvalue weighted by atomic mass is 127. The third-order valence-electron chi connectivity index (χ3n) is 2.35. The fraction of sp³-hybridized carbons (Fsp3) is 0.143. The zero-order valence-electron chi connectivity index (χ0n) is 12.0. The summed E-state index contributed by atoms with van der Waals surface area (Å²) in [6.45, 7) is 0. The molecule has 0 spiro atoms. The van der Waals surface area contributed by atoms with Gasteiger partial charge in [0.15, 0.2) is 17.3 Å². The van der Waals surface area contributed by atoms with Crippen molar-refractivity contribution in [1.29, 1.82) is 0 Å². The Kier molecular flexibility index (Phi) is 7.96. The minimum Gasteiger partial charge on any atom is -0.741 e. The van der Waals surface area contributed by atoms with Crippen molar-refractivity contribution in [3.8, 4) is 5.75 Å². The fourth-order valence-electron chi connectivity index (χ4n) is 1.25. The van der Waals surface area contributed by atoms with Crippen LogP contribution in [0.5, 0.6) is 5.75 Å². The normalized spacial score (nSPS) is 11.4. The number of alkyl halides is 3. The third-order valence-corrected chi connectivity index (χ3v) is 6.13. The average molecular weight is 539 g/mol. The summed E-state index contributed by atoms with van der Waals surface area (Å²) in [6, 6.07) is 16.9. The van der Waals surface area contributed by atoms with E-state index in [1.54, 1.807) is 7.11 Å². The molecule has 0 aliphatic carbocycles. The lowest BCUT2D eigenvalue weighted by molar-refractivity contribution is -0.597. The van der Waals surface area contributed by atoms with E-state index in [1.165, 1.54) is 7.14 Å². The van der Waals surface area contributed by atoms with E-state index < -0.39 is 15.6 Å². The topological polar surface area (TPSA) is 66.4 Å². The van der Waals surface area contributed by atoms with E-state index in [1.807, 2.05) is 12.1 Å². The number of hydrogen-bond donors (Lipinski definition) is 0. The molecule has 10 heteroatoms. The molecule has 0 aliphatic heterocycles. The lowest BCUT2D eigenvalue weighted by atomic mass is 10.3. The van der Waals surface area contributed by atoms with Crippen LogP contribution in [0.2, 0.25) is 0 Å². The van der Waals surface area contributed by atoms with Crippen LogP contribution in [0.4, 0.5) is 13.2 Å². The summed E-state index contributed by atoms with van der Waals surface area (Å²) in [5.74, 6) is 0.920. The quantitative estimate of drug-likeness (QED) is 0.327. The highest BCUT2D eigenvalue weighted by Gasteiger charge is 2.36. The first-order valence-corrected chi connectivity index (χ1v) is 10.5. The van der Waals surface area contributed by atoms with Crippen LogP contribution in [0.1, 0.15) is 0 Å². The number of rotatable bonds is 3. The van der Waals surface area contributed by atoms with Crippen molar-refractivity contribution in [2.24, 2.45) is 0 Å². The van der Waals surface area contributed by atoms with Gasteiger partial charge in [-0.1, -0.05) is 15.9 Å². The van der Waals surface area contributed by atoms with E-state index in [-0.39, 0.29) is 21.2 Å². The maximum atomic E-state index is 10.7. The van der Waals surface area contributed by atoms with Gasteiger partial charge < -0.3 is 9.29 Å². The van der Waals surface area contributed by atoms with Gasteiger partial charge in [0.05, 0.1) is 7.11 Å². The highest BCUT2D eigenvalue weighted by molar-refractivity contribution is 9.10. The second kappa shape index (κ2) is 9.02. The Labute approximate surface area is 156 Å². The van der Waals surface area contributed by atoms with Crippen molar-refractivity contribution in [2.45, 2.75) is 5.51 Å². The van der Waals surface area contributed by atoms with Crippen LogP contribution in [-0.4, -0.2) is 25.6 Å². The van der Waals surface area contributed by atoms with Gasteiger partial charge in [-0.25, -0.2) is 8.42 Å². The maximum absolute atomic E-state index is 10.7. The number of halogens is 5. The molecule has 0 atom stereocenters. The molecule has 0 aromatic heterocycles. The van der Waals surface area contributed by atoms with E-state index in [9.17, 15) is 13.2 Å². The largest absolute Gasteiger partial charge is 0.741 e. The number of ether oxygens (including phenoxy) is 1. The van der Waals surface area contributed by atoms with Crippen LogP contribution in [0.15, 0.2) is 53.0 Å². The number of hydrogen-bond acceptors (Lipinski definition) is 4. The van der Waals surface area contributed by atoms with Crippen molar-refractivity contribution in [2.75, 3.05) is 7.11 Å². The number of benzene rings is 2. The van der Waals surface area contributed by atoms with Gasteiger partial charge in [0.1, 0.15) is 5.75 Å². The lowest BCUT2D eigenvalue weighted by Crippen LogP contribution is -3.61. The van der Waals surface area contributed by atoms with Gasteiger partial charge in [0, 0.05) is 4.47 Å². The summed E-state index contributed by atoms with van der Waals surface area (Å²) in [6.07, 6.45) is 0. The Hall–Kier alpha value is -0.850. The molecule has 0 saturated carbocycles. The second-order valence-electron chi connectivity index (χ2n) is 4.09. The molecular weight excluding hydrogens is 528 g/mol. The molecular formula is C14H11BrF3IO4S. The number of methoxy groups -OCH3 is 1. The molecule has 0 fully saturated rings. The van der Waals surface area contributed by atoms with Gasteiger partial charge in [-0.15, -0.1) is 0 Å². The Morgan fingerprint density at radius 2 is 1.38 bits per heavy atom. The maximum Gasteiger partial charge on any atom is 0.485 e. The molecule has 0 amide bonds. The fourth-order valence-corrected chi connectivity index (χ4v) is 3.67. The Morgan fingerprint density at radius 3 is 1.71 bits per heavy atom. The van der Waals surface area contributed by atoms with Crippen LogP contribution in [0.3, 0.4) is 0 Å². The minimum absolute atomic E-state index is 0.0786. The van der Waals surface area contributed by atoms with Crippen LogP contribution < -0.4 is 25.9 Å². The summed E-state index contributed by atoms with van der Waals surface area (Å²) in [5, 5.41) is 0. The Bertz CT molecular complexity index is 747. The first kappa shape index (κ1) is 21.2. The minimum atomic E-state index is -6.09. The lowest BCUT2D eigenvalue weighted by Gasteiger charge is -2.08. The molecule has 4 nitrogen and oxygen atoms in total. The van der Waals surface area contributed by atoms with E-state index in [4.69, 9.17) is 17.7 Å². The van der Waals surface area contributed by atoms with Crippen molar-refractivity contribution >= 4 is 26.0 Å². The van der Waals surface area contributed by atoms with Gasteiger partial charge in [-0.3, -0.25) is 0 Å². The van der Waals surface area contributed by atoms with Gasteiger partial charge >= 0.3 is 26.7 Å². The molecule has 0 bridgehead atoms. The van der Waals surface area contributed by atoms with Crippen molar-refractivity contribution in [1.82, 2.24) is 0 Å². The Balaban J connectivity index is 0.000000307. The molecule has 2 aromatic carbocycles. The van der Waals surface area contributed by atoms with E-state index >= 15 is 0 Å². The molecule has 2 aromatic rings. The zero-order chi connectivity index (χ0) is 18.4. The first-order chi connectivity index (χ1) is 11.0. The van der Waals surface area contributed by atoms with E-state index in [0.29, 0.717) is 0 Å². The molecule has 0 aliphatic rings. The molecule has 0 N–H and O–H groups in total. The van der Waals surface area contributed by atoms with Crippen LogP contribution in [-0.2, 0) is 10.1 Å². The van der Waals surface area contributed by atoms with E-state index in [2.05, 4.69) is 52.3 Å². The van der Waals surface area contributed by atoms with Crippen molar-refractivity contribution in [3.63, 3.8) is 0 Å². The molecule has 0 unspecified atom stereocenters. The third kappa shape index (κ3) is 7.36. The summed E-state index contributed by atoms with van der Waals surface area (Å²) < 4.78 is 68.0. The molecule has 0 heterocycles. The SMILES string of the molecule is COc1ccc([I+]c2ccc(Br)cc2)cc1.O=S(=O)([O-])C(F)(F)F. The van der Waals surface area contributed by atoms with Crippen LogP contribution in [0, 0.1) is 7.14 Å².